The van der Waals surface area contributed by atoms with E-state index in [2.05, 4.69) is 10.3 Å². The van der Waals surface area contributed by atoms with E-state index in [9.17, 15) is 28.6 Å². The summed E-state index contributed by atoms with van der Waals surface area (Å²) in [5.74, 6) is -6.78. The monoisotopic (exact) mass is 581 g/mol. The number of carbonyl (C=O) groups is 2. The van der Waals surface area contributed by atoms with E-state index < -0.39 is 60.1 Å². The normalized spacial score (nSPS) is 17.9. The maximum atomic E-state index is 15.1. The summed E-state index contributed by atoms with van der Waals surface area (Å²) in [6.07, 6.45) is 0.0218. The Kier molecular flexibility index (Phi) is 7.56. The lowest BCUT2D eigenvalue weighted by Gasteiger charge is -2.33. The molecular weight excluding hydrogens is 559 g/mol. The molecule has 5 rings (SSSR count). The van der Waals surface area contributed by atoms with Gasteiger partial charge in [-0.05, 0) is 41.5 Å². The number of anilines is 2. The summed E-state index contributed by atoms with van der Waals surface area (Å²) in [7, 11) is 0. The number of aliphatic hydroxyl groups excluding tert-OH is 1. The highest BCUT2D eigenvalue weighted by Gasteiger charge is 2.56. The lowest BCUT2D eigenvalue weighted by atomic mass is 9.86. The Morgan fingerprint density at radius 1 is 1.02 bits per heavy atom. The number of aromatic nitrogens is 1. The van der Waals surface area contributed by atoms with Crippen molar-refractivity contribution < 1.29 is 33.0 Å². The second-order valence-corrected chi connectivity index (χ2v) is 9.95. The summed E-state index contributed by atoms with van der Waals surface area (Å²) < 4.78 is 45.1. The Bertz CT molecular complexity index is 1640. The van der Waals surface area contributed by atoms with Crippen molar-refractivity contribution in [3.63, 3.8) is 0 Å². The highest BCUT2D eigenvalue weighted by molar-refractivity contribution is 6.30. The molecule has 0 saturated heterocycles. The van der Waals surface area contributed by atoms with E-state index in [0.717, 1.165) is 28.8 Å². The molecule has 0 aliphatic carbocycles. The molecule has 0 saturated carbocycles. The SMILES string of the molecule is O=C(Nc1ncc(C(=O)N2CCC(F)(F)[C@](O)(CO)c3cc(Cl)ccc32)cc1F)c1ccccc1-c1ccccc1. The summed E-state index contributed by atoms with van der Waals surface area (Å²) in [4.78, 5) is 31.3. The van der Waals surface area contributed by atoms with Crippen LogP contribution in [0.1, 0.15) is 32.7 Å². The molecule has 0 fully saturated rings. The molecule has 11 heteroatoms. The van der Waals surface area contributed by atoms with Gasteiger partial charge in [0.25, 0.3) is 17.7 Å². The fourth-order valence-electron chi connectivity index (χ4n) is 4.79. The Morgan fingerprint density at radius 3 is 2.44 bits per heavy atom. The zero-order chi connectivity index (χ0) is 29.4. The van der Waals surface area contributed by atoms with Crippen LogP contribution in [-0.4, -0.2) is 46.1 Å². The fraction of sp³-hybridized carbons (Fsp3) is 0.167. The largest absolute Gasteiger partial charge is 0.393 e. The molecule has 1 atom stereocenters. The summed E-state index contributed by atoms with van der Waals surface area (Å²) in [5, 5.41) is 22.9. The quantitative estimate of drug-likeness (QED) is 0.282. The minimum Gasteiger partial charge on any atom is -0.393 e. The molecule has 7 nitrogen and oxygen atoms in total. The first-order valence-electron chi connectivity index (χ1n) is 12.5. The molecule has 1 aromatic heterocycles. The smallest absolute Gasteiger partial charge is 0.284 e. The van der Waals surface area contributed by atoms with Crippen LogP contribution in [-0.2, 0) is 5.60 Å². The second kappa shape index (κ2) is 11.0. The number of fused-ring (bicyclic) bond motifs is 1. The van der Waals surface area contributed by atoms with Gasteiger partial charge in [0.1, 0.15) is 0 Å². The third-order valence-electron chi connectivity index (χ3n) is 7.00. The van der Waals surface area contributed by atoms with Gasteiger partial charge in [-0.15, -0.1) is 0 Å². The first-order chi connectivity index (χ1) is 19.6. The van der Waals surface area contributed by atoms with E-state index in [4.69, 9.17) is 11.6 Å². The van der Waals surface area contributed by atoms with Crippen molar-refractivity contribution in [1.29, 1.82) is 0 Å². The van der Waals surface area contributed by atoms with E-state index >= 15 is 4.39 Å². The number of hydrogen-bond acceptors (Lipinski definition) is 5. The molecule has 3 aromatic carbocycles. The van der Waals surface area contributed by atoms with Crippen LogP contribution in [0.4, 0.5) is 24.7 Å². The van der Waals surface area contributed by atoms with Crippen molar-refractivity contribution in [2.45, 2.75) is 17.9 Å². The van der Waals surface area contributed by atoms with Crippen LogP contribution in [0.2, 0.25) is 5.02 Å². The zero-order valence-corrected chi connectivity index (χ0v) is 22.1. The van der Waals surface area contributed by atoms with Gasteiger partial charge in [-0.3, -0.25) is 9.59 Å². The molecule has 2 heterocycles. The number of halogens is 4. The maximum absolute atomic E-state index is 15.1. The van der Waals surface area contributed by atoms with Gasteiger partial charge < -0.3 is 20.4 Å². The van der Waals surface area contributed by atoms with Crippen LogP contribution >= 0.6 is 11.6 Å². The molecular formula is C30H23ClF3N3O4. The average molecular weight is 582 g/mol. The lowest BCUT2D eigenvalue weighted by Crippen LogP contribution is -2.48. The van der Waals surface area contributed by atoms with Gasteiger partial charge in [-0.1, -0.05) is 60.1 Å². The molecule has 0 unspecified atom stereocenters. The van der Waals surface area contributed by atoms with Crippen molar-refractivity contribution in [2.75, 3.05) is 23.4 Å². The van der Waals surface area contributed by atoms with E-state index in [0.29, 0.717) is 5.56 Å². The number of benzene rings is 3. The first kappa shape index (κ1) is 28.3. The zero-order valence-electron chi connectivity index (χ0n) is 21.3. The van der Waals surface area contributed by atoms with Gasteiger partial charge in [-0.2, -0.15) is 0 Å². The van der Waals surface area contributed by atoms with Crippen LogP contribution in [0, 0.1) is 5.82 Å². The number of rotatable bonds is 5. The van der Waals surface area contributed by atoms with Crippen LogP contribution in [0.5, 0.6) is 0 Å². The van der Waals surface area contributed by atoms with Crippen molar-refractivity contribution in [1.82, 2.24) is 4.98 Å². The van der Waals surface area contributed by atoms with E-state index in [-0.39, 0.29) is 21.8 Å². The number of alkyl halides is 2. The lowest BCUT2D eigenvalue weighted by molar-refractivity contribution is -0.205. The van der Waals surface area contributed by atoms with E-state index in [1.165, 1.54) is 12.1 Å². The Hall–Kier alpha value is -4.25. The highest BCUT2D eigenvalue weighted by Crippen LogP contribution is 2.47. The maximum Gasteiger partial charge on any atom is 0.284 e. The van der Waals surface area contributed by atoms with E-state index in [1.54, 1.807) is 24.3 Å². The standard InChI is InChI=1S/C30H23ClF3N3O4/c31-20-10-11-25-23(15-20)29(41,17-38)30(33,34)12-13-37(25)28(40)19-14-24(32)26(35-16-19)36-27(39)22-9-5-4-8-21(22)18-6-2-1-3-7-18/h1-11,14-16,38,41H,12-13,17H2,(H,35,36,39)/t29-/m0/s1. The third-order valence-corrected chi connectivity index (χ3v) is 7.24. The van der Waals surface area contributed by atoms with Gasteiger partial charge >= 0.3 is 0 Å². The van der Waals surface area contributed by atoms with Crippen molar-refractivity contribution in [3.8, 4) is 11.1 Å². The van der Waals surface area contributed by atoms with Crippen LogP contribution in [0.3, 0.4) is 0 Å². The minimum absolute atomic E-state index is 0.00219. The molecule has 3 N–H and O–H groups in total. The number of amides is 2. The van der Waals surface area contributed by atoms with Gasteiger partial charge in [-0.25, -0.2) is 18.2 Å². The number of carbonyl (C=O) groups excluding carboxylic acids is 2. The molecule has 0 bridgehead atoms. The van der Waals surface area contributed by atoms with Gasteiger partial charge in [0.05, 0.1) is 17.9 Å². The Balaban J connectivity index is 1.44. The minimum atomic E-state index is -3.82. The van der Waals surface area contributed by atoms with Gasteiger partial charge in [0.15, 0.2) is 17.2 Å². The Morgan fingerprint density at radius 2 is 1.73 bits per heavy atom. The summed E-state index contributed by atoms with van der Waals surface area (Å²) in [5.41, 5.74) is -2.18. The molecule has 1 aliphatic heterocycles. The highest BCUT2D eigenvalue weighted by atomic mass is 35.5. The molecule has 0 spiro atoms. The van der Waals surface area contributed by atoms with Gasteiger partial charge in [0, 0.05) is 35.3 Å². The van der Waals surface area contributed by atoms with Crippen molar-refractivity contribution >= 4 is 34.9 Å². The number of aliphatic hydroxyl groups is 2. The molecule has 4 aromatic rings. The van der Waals surface area contributed by atoms with E-state index in [1.807, 2.05) is 30.3 Å². The summed E-state index contributed by atoms with van der Waals surface area (Å²) in [6, 6.07) is 20.4. The molecule has 0 radical (unpaired) electrons. The predicted octanol–water partition coefficient (Wildman–Crippen LogP) is 5.66. The fourth-order valence-corrected chi connectivity index (χ4v) is 4.96. The van der Waals surface area contributed by atoms with Crippen LogP contribution in [0.15, 0.2) is 85.1 Å². The van der Waals surface area contributed by atoms with Crippen LogP contribution in [0.25, 0.3) is 11.1 Å². The first-order valence-corrected chi connectivity index (χ1v) is 12.9. The third kappa shape index (κ3) is 5.17. The molecule has 2 amide bonds. The number of nitrogens with one attached hydrogen (secondary N) is 1. The topological polar surface area (TPSA) is 103 Å². The summed E-state index contributed by atoms with van der Waals surface area (Å²) >= 11 is 5.98. The van der Waals surface area contributed by atoms with Crippen molar-refractivity contribution in [2.24, 2.45) is 0 Å². The molecule has 41 heavy (non-hydrogen) atoms. The van der Waals surface area contributed by atoms with Crippen LogP contribution < -0.4 is 10.2 Å². The average Bonchev–Trinajstić information content (AvgIpc) is 3.06. The van der Waals surface area contributed by atoms with Gasteiger partial charge in [0.2, 0.25) is 0 Å². The van der Waals surface area contributed by atoms with Crippen molar-refractivity contribution in [3.05, 3.63) is 113 Å². The Labute approximate surface area is 237 Å². The number of hydrogen-bond donors (Lipinski definition) is 3. The molecule has 210 valence electrons. The predicted molar refractivity (Wildman–Crippen MR) is 148 cm³/mol. The summed E-state index contributed by atoms with van der Waals surface area (Å²) in [6.45, 7) is -1.88. The molecule has 1 aliphatic rings. The number of pyridine rings is 1. The second-order valence-electron chi connectivity index (χ2n) is 9.51. The number of nitrogens with zero attached hydrogens (tertiary/aromatic N) is 2.